The summed E-state index contributed by atoms with van der Waals surface area (Å²) >= 11 is 7.33. The molecule has 0 heterocycles. The summed E-state index contributed by atoms with van der Waals surface area (Å²) in [6.07, 6.45) is 2.33. The monoisotopic (exact) mass is 482 g/mol. The summed E-state index contributed by atoms with van der Waals surface area (Å²) in [4.78, 5) is 36.5. The Morgan fingerprint density at radius 1 is 1.27 bits per heavy atom. The first-order valence-electron chi connectivity index (χ1n) is 11.6. The molecule has 0 aromatic heterocycles. The smallest absolute Gasteiger partial charge is 0.351 e. The van der Waals surface area contributed by atoms with Crippen molar-refractivity contribution in [2.45, 2.75) is 76.1 Å². The fraction of sp³-hybridized carbons (Fsp3) is 0.720. The molecular weight excluding hydrogens is 451 g/mol. The van der Waals surface area contributed by atoms with E-state index in [0.717, 1.165) is 0 Å². The minimum atomic E-state index is -1.61. The van der Waals surface area contributed by atoms with Gasteiger partial charge in [0.2, 0.25) is 5.60 Å². The number of alkyl halides is 2. The van der Waals surface area contributed by atoms with Crippen LogP contribution in [0.2, 0.25) is 0 Å². The van der Waals surface area contributed by atoms with E-state index in [9.17, 15) is 19.5 Å². The first-order valence-corrected chi connectivity index (χ1v) is 12.0. The van der Waals surface area contributed by atoms with Crippen LogP contribution in [-0.2, 0) is 23.9 Å². The first-order chi connectivity index (χ1) is 15.3. The lowest BCUT2D eigenvalue weighted by atomic mass is 9.45. The highest BCUT2D eigenvalue weighted by Crippen LogP contribution is 2.72. The molecule has 4 aliphatic rings. The van der Waals surface area contributed by atoms with Crippen LogP contribution in [0, 0.1) is 28.6 Å². The van der Waals surface area contributed by atoms with Gasteiger partial charge in [-0.25, -0.2) is 9.18 Å². The second kappa shape index (κ2) is 7.64. The van der Waals surface area contributed by atoms with Gasteiger partial charge in [-0.15, -0.1) is 11.6 Å². The Kier molecular flexibility index (Phi) is 5.65. The van der Waals surface area contributed by atoms with Crippen LogP contribution >= 0.6 is 11.6 Å². The Bertz CT molecular complexity index is 963. The lowest BCUT2D eigenvalue weighted by Crippen LogP contribution is -2.70. The molecule has 0 spiro atoms. The van der Waals surface area contributed by atoms with Crippen molar-refractivity contribution >= 4 is 29.3 Å². The van der Waals surface area contributed by atoms with Crippen molar-refractivity contribution in [2.75, 3.05) is 7.11 Å². The maximum Gasteiger partial charge on any atom is 0.351 e. The van der Waals surface area contributed by atoms with Gasteiger partial charge in [-0.1, -0.05) is 33.8 Å². The molecule has 0 amide bonds. The Morgan fingerprint density at radius 2 is 1.94 bits per heavy atom. The normalized spacial score (nSPS) is 48.3. The van der Waals surface area contributed by atoms with Gasteiger partial charge in [0.1, 0.15) is 6.17 Å². The minimum absolute atomic E-state index is 0.00898. The average molecular weight is 483 g/mol. The third-order valence-corrected chi connectivity index (χ3v) is 10.1. The molecule has 0 radical (unpaired) electrons. The van der Waals surface area contributed by atoms with Gasteiger partial charge in [-0.2, -0.15) is 0 Å². The summed E-state index contributed by atoms with van der Waals surface area (Å²) in [7, 11) is 1.25. The minimum Gasteiger partial charge on any atom is -0.466 e. The van der Waals surface area contributed by atoms with Crippen LogP contribution in [0.25, 0.3) is 0 Å². The summed E-state index contributed by atoms with van der Waals surface area (Å²) in [5.41, 5.74) is -3.42. The van der Waals surface area contributed by atoms with E-state index in [1.807, 2.05) is 13.8 Å². The first kappa shape index (κ1) is 24.4. The number of halogens is 2. The fourth-order valence-corrected chi connectivity index (χ4v) is 8.11. The van der Waals surface area contributed by atoms with Gasteiger partial charge < -0.3 is 14.6 Å². The number of allylic oxidation sites excluding steroid dienone is 4. The zero-order chi connectivity index (χ0) is 24.6. The summed E-state index contributed by atoms with van der Waals surface area (Å²) in [5.74, 6) is -2.78. The Balaban J connectivity index is 1.88. The van der Waals surface area contributed by atoms with Gasteiger partial charge in [-0.3, -0.25) is 9.59 Å². The highest BCUT2D eigenvalue weighted by Gasteiger charge is 2.77. The van der Waals surface area contributed by atoms with Gasteiger partial charge in [0.15, 0.2) is 5.78 Å². The standard InChI is InChI=1S/C25H32ClFO6/c1-6-20(30)33-25(21(31)32-5)13(2)9-15-16-11-18(27)17-10-14(28)7-8-22(17,3)24(16,26)19(29)12-23(15,25)4/h7-8,10,13,15-16,18-19,29H,6,9,11-12H2,1-5H3/t13-,15?,16?,18+,19?,22?,23?,24+,25+/m1/s1. The number of ether oxygens (including phenoxy) is 2. The zero-order valence-electron chi connectivity index (χ0n) is 19.7. The highest BCUT2D eigenvalue weighted by atomic mass is 35.5. The largest absolute Gasteiger partial charge is 0.466 e. The number of carbonyl (C=O) groups excluding carboxylic acids is 3. The highest BCUT2D eigenvalue weighted by molar-refractivity contribution is 6.26. The average Bonchev–Trinajstić information content (AvgIpc) is 2.98. The molecule has 182 valence electrons. The molecule has 4 aliphatic carbocycles. The molecule has 9 atom stereocenters. The van der Waals surface area contributed by atoms with Crippen molar-refractivity contribution in [3.05, 3.63) is 23.8 Å². The molecule has 0 aromatic carbocycles. The number of hydrogen-bond donors (Lipinski definition) is 1. The van der Waals surface area contributed by atoms with E-state index in [-0.39, 0.29) is 36.5 Å². The predicted octanol–water partition coefficient (Wildman–Crippen LogP) is 3.69. The van der Waals surface area contributed by atoms with Gasteiger partial charge in [-0.05, 0) is 48.8 Å². The lowest BCUT2D eigenvalue weighted by molar-refractivity contribution is -0.215. The number of aliphatic hydroxyl groups excluding tert-OH is 1. The van der Waals surface area contributed by atoms with Crippen molar-refractivity contribution in [2.24, 2.45) is 28.6 Å². The zero-order valence-corrected chi connectivity index (χ0v) is 20.4. The molecule has 33 heavy (non-hydrogen) atoms. The van der Waals surface area contributed by atoms with Crippen molar-refractivity contribution in [3.63, 3.8) is 0 Å². The van der Waals surface area contributed by atoms with Crippen LogP contribution < -0.4 is 0 Å². The molecule has 0 bridgehead atoms. The molecule has 5 unspecified atom stereocenters. The molecular formula is C25H32ClFO6. The van der Waals surface area contributed by atoms with E-state index in [0.29, 0.717) is 6.42 Å². The van der Waals surface area contributed by atoms with Crippen molar-refractivity contribution in [1.29, 1.82) is 0 Å². The van der Waals surface area contributed by atoms with Crippen LogP contribution in [0.15, 0.2) is 23.8 Å². The quantitative estimate of drug-likeness (QED) is 0.487. The third kappa shape index (κ3) is 2.84. The fourth-order valence-electron chi connectivity index (χ4n) is 7.62. The third-order valence-electron chi connectivity index (χ3n) is 9.22. The van der Waals surface area contributed by atoms with Crippen LogP contribution in [0.5, 0.6) is 0 Å². The number of rotatable bonds is 3. The molecule has 0 aromatic rings. The van der Waals surface area contributed by atoms with Crippen LogP contribution in [0.1, 0.15) is 53.4 Å². The lowest BCUT2D eigenvalue weighted by Gasteiger charge is -2.64. The number of fused-ring (bicyclic) bond motifs is 5. The van der Waals surface area contributed by atoms with Crippen LogP contribution in [0.3, 0.4) is 0 Å². The summed E-state index contributed by atoms with van der Waals surface area (Å²) < 4.78 is 26.6. The second-order valence-corrected chi connectivity index (χ2v) is 11.2. The SMILES string of the molecule is CCC(=O)O[C@]1(C(=O)OC)[C@H](C)CC2C3C[C@H](F)C4=CC(=O)C=CC4(C)[C@@]3(Cl)C(O)CC21C. The van der Waals surface area contributed by atoms with Crippen molar-refractivity contribution < 1.29 is 33.4 Å². The summed E-state index contributed by atoms with van der Waals surface area (Å²) in [5, 5.41) is 11.6. The summed E-state index contributed by atoms with van der Waals surface area (Å²) in [6, 6.07) is 0. The van der Waals surface area contributed by atoms with Crippen molar-refractivity contribution in [3.8, 4) is 0 Å². The number of ketones is 1. The topological polar surface area (TPSA) is 89.9 Å². The second-order valence-electron chi connectivity index (χ2n) is 10.6. The van der Waals surface area contributed by atoms with E-state index < -0.39 is 57.4 Å². The van der Waals surface area contributed by atoms with Crippen molar-refractivity contribution in [1.82, 2.24) is 0 Å². The molecule has 0 saturated heterocycles. The molecule has 0 aliphatic heterocycles. The van der Waals surface area contributed by atoms with Gasteiger partial charge in [0, 0.05) is 23.2 Å². The van der Waals surface area contributed by atoms with Crippen LogP contribution in [0.4, 0.5) is 4.39 Å². The molecule has 6 nitrogen and oxygen atoms in total. The Labute approximate surface area is 198 Å². The maximum atomic E-state index is 15.6. The number of esters is 2. The molecule has 8 heteroatoms. The number of carbonyl (C=O) groups is 3. The van der Waals surface area contributed by atoms with E-state index in [1.165, 1.54) is 19.3 Å². The van der Waals surface area contributed by atoms with E-state index in [1.54, 1.807) is 19.9 Å². The van der Waals surface area contributed by atoms with E-state index in [4.69, 9.17) is 21.1 Å². The number of hydrogen-bond acceptors (Lipinski definition) is 6. The van der Waals surface area contributed by atoms with Crippen LogP contribution in [-0.4, -0.2) is 52.7 Å². The maximum absolute atomic E-state index is 15.6. The Hall–Kier alpha value is -1.73. The van der Waals surface area contributed by atoms with Gasteiger partial charge >= 0.3 is 11.9 Å². The van der Waals surface area contributed by atoms with Gasteiger partial charge in [0.25, 0.3) is 0 Å². The van der Waals surface area contributed by atoms with Gasteiger partial charge in [0.05, 0.1) is 18.1 Å². The molecule has 4 rings (SSSR count). The molecule has 3 fully saturated rings. The molecule has 3 saturated carbocycles. The van der Waals surface area contributed by atoms with E-state index in [2.05, 4.69) is 0 Å². The summed E-state index contributed by atoms with van der Waals surface area (Å²) in [6.45, 7) is 7.06. The predicted molar refractivity (Wildman–Crippen MR) is 119 cm³/mol. The Morgan fingerprint density at radius 3 is 2.55 bits per heavy atom. The number of aliphatic hydroxyl groups is 1. The number of methoxy groups -OCH3 is 1. The molecule has 1 N–H and O–H groups in total. The van der Waals surface area contributed by atoms with E-state index >= 15 is 4.39 Å².